The average molecular weight is 354 g/mol. The SMILES string of the molecule is CC(NC(=O)CNC(C)c1ccccc1F)c1ccc2c(c1)CCCC2. The second-order valence-electron chi connectivity index (χ2n) is 7.15. The van der Waals surface area contributed by atoms with Gasteiger partial charge in [-0.05, 0) is 62.3 Å². The van der Waals surface area contributed by atoms with Crippen LogP contribution in [0, 0.1) is 5.82 Å². The first-order valence-electron chi connectivity index (χ1n) is 9.43. The van der Waals surface area contributed by atoms with Crippen LogP contribution in [0.2, 0.25) is 0 Å². The van der Waals surface area contributed by atoms with Crippen molar-refractivity contribution < 1.29 is 9.18 Å². The van der Waals surface area contributed by atoms with Crippen molar-refractivity contribution in [3.8, 4) is 0 Å². The van der Waals surface area contributed by atoms with Crippen LogP contribution in [0.3, 0.4) is 0 Å². The highest BCUT2D eigenvalue weighted by molar-refractivity contribution is 5.78. The monoisotopic (exact) mass is 354 g/mol. The molecule has 0 saturated carbocycles. The van der Waals surface area contributed by atoms with Crippen molar-refractivity contribution in [3.05, 3.63) is 70.5 Å². The lowest BCUT2D eigenvalue weighted by atomic mass is 9.89. The maximum Gasteiger partial charge on any atom is 0.234 e. The first kappa shape index (κ1) is 18.6. The molecule has 2 atom stereocenters. The van der Waals surface area contributed by atoms with Crippen molar-refractivity contribution in [2.24, 2.45) is 0 Å². The van der Waals surface area contributed by atoms with Crippen molar-refractivity contribution in [2.45, 2.75) is 51.6 Å². The molecule has 1 amide bonds. The van der Waals surface area contributed by atoms with Gasteiger partial charge in [0.25, 0.3) is 0 Å². The molecule has 0 fully saturated rings. The molecule has 1 aliphatic carbocycles. The third-order valence-corrected chi connectivity index (χ3v) is 5.19. The van der Waals surface area contributed by atoms with Crippen molar-refractivity contribution in [1.29, 1.82) is 0 Å². The number of hydrogen-bond donors (Lipinski definition) is 2. The number of fused-ring (bicyclic) bond motifs is 1. The maximum absolute atomic E-state index is 13.8. The van der Waals surface area contributed by atoms with E-state index < -0.39 is 0 Å². The lowest BCUT2D eigenvalue weighted by molar-refractivity contribution is -0.121. The molecular formula is C22H27FN2O. The molecule has 0 spiro atoms. The minimum absolute atomic E-state index is 0.0414. The summed E-state index contributed by atoms with van der Waals surface area (Å²) in [5.74, 6) is -0.339. The van der Waals surface area contributed by atoms with Gasteiger partial charge in [-0.2, -0.15) is 0 Å². The summed E-state index contributed by atoms with van der Waals surface area (Å²) in [6.45, 7) is 4.02. The molecule has 1 aliphatic rings. The fourth-order valence-electron chi connectivity index (χ4n) is 3.58. The highest BCUT2D eigenvalue weighted by atomic mass is 19.1. The molecule has 3 nitrogen and oxygen atoms in total. The van der Waals surface area contributed by atoms with Crippen LogP contribution in [-0.2, 0) is 17.6 Å². The smallest absolute Gasteiger partial charge is 0.234 e. The van der Waals surface area contributed by atoms with Gasteiger partial charge in [-0.1, -0.05) is 36.4 Å². The van der Waals surface area contributed by atoms with E-state index in [2.05, 4.69) is 28.8 Å². The highest BCUT2D eigenvalue weighted by Gasteiger charge is 2.15. The Kier molecular flexibility index (Phi) is 6.04. The van der Waals surface area contributed by atoms with Gasteiger partial charge in [0.05, 0.1) is 12.6 Å². The highest BCUT2D eigenvalue weighted by Crippen LogP contribution is 2.24. The van der Waals surface area contributed by atoms with E-state index in [4.69, 9.17) is 0 Å². The number of benzene rings is 2. The standard InChI is InChI=1S/C22H27FN2O/c1-15(18-12-11-17-7-3-4-8-19(17)13-18)25-22(26)14-24-16(2)20-9-5-6-10-21(20)23/h5-6,9-13,15-16,24H,3-4,7-8,14H2,1-2H3,(H,25,26). The lowest BCUT2D eigenvalue weighted by Crippen LogP contribution is -2.36. The summed E-state index contributed by atoms with van der Waals surface area (Å²) in [6.07, 6.45) is 4.80. The topological polar surface area (TPSA) is 41.1 Å². The first-order valence-corrected chi connectivity index (χ1v) is 9.43. The Balaban J connectivity index is 1.54. The van der Waals surface area contributed by atoms with E-state index in [1.165, 1.54) is 30.0 Å². The predicted octanol–water partition coefficient (Wildman–Crippen LogP) is 4.23. The minimum atomic E-state index is -0.254. The van der Waals surface area contributed by atoms with Gasteiger partial charge >= 0.3 is 0 Å². The fourth-order valence-corrected chi connectivity index (χ4v) is 3.58. The summed E-state index contributed by atoms with van der Waals surface area (Å²) in [5, 5.41) is 6.12. The molecule has 3 rings (SSSR count). The van der Waals surface area contributed by atoms with E-state index in [-0.39, 0.29) is 30.4 Å². The van der Waals surface area contributed by atoms with Gasteiger partial charge < -0.3 is 10.6 Å². The molecule has 0 saturated heterocycles. The van der Waals surface area contributed by atoms with Gasteiger partial charge in [-0.25, -0.2) is 4.39 Å². The molecule has 0 radical (unpaired) electrons. The molecule has 138 valence electrons. The Bertz CT molecular complexity index is 774. The second kappa shape index (κ2) is 8.45. The van der Waals surface area contributed by atoms with E-state index >= 15 is 0 Å². The molecule has 0 bridgehead atoms. The Morgan fingerprint density at radius 3 is 2.54 bits per heavy atom. The summed E-state index contributed by atoms with van der Waals surface area (Å²) in [7, 11) is 0. The summed E-state index contributed by atoms with van der Waals surface area (Å²) in [4.78, 5) is 12.3. The zero-order chi connectivity index (χ0) is 18.5. The van der Waals surface area contributed by atoms with Crippen LogP contribution >= 0.6 is 0 Å². The molecule has 0 aromatic heterocycles. The second-order valence-corrected chi connectivity index (χ2v) is 7.15. The van der Waals surface area contributed by atoms with Crippen molar-refractivity contribution >= 4 is 5.91 Å². The van der Waals surface area contributed by atoms with E-state index in [0.717, 1.165) is 18.4 Å². The van der Waals surface area contributed by atoms with Gasteiger partial charge in [0.2, 0.25) is 5.91 Å². The number of carbonyl (C=O) groups excluding carboxylic acids is 1. The number of rotatable bonds is 6. The number of carbonyl (C=O) groups is 1. The molecule has 0 aliphatic heterocycles. The van der Waals surface area contributed by atoms with Crippen molar-refractivity contribution in [1.82, 2.24) is 10.6 Å². The number of halogens is 1. The van der Waals surface area contributed by atoms with Crippen LogP contribution in [0.15, 0.2) is 42.5 Å². The molecule has 2 aromatic carbocycles. The summed E-state index contributed by atoms with van der Waals surface area (Å²) >= 11 is 0. The van der Waals surface area contributed by atoms with Crippen LogP contribution in [0.4, 0.5) is 4.39 Å². The molecule has 2 aromatic rings. The Morgan fingerprint density at radius 1 is 1.04 bits per heavy atom. The normalized spacial score (nSPS) is 15.8. The zero-order valence-electron chi connectivity index (χ0n) is 15.5. The predicted molar refractivity (Wildman–Crippen MR) is 102 cm³/mol. The van der Waals surface area contributed by atoms with Crippen LogP contribution in [0.25, 0.3) is 0 Å². The largest absolute Gasteiger partial charge is 0.348 e. The van der Waals surface area contributed by atoms with Gasteiger partial charge in [0, 0.05) is 11.6 Å². The van der Waals surface area contributed by atoms with Crippen LogP contribution in [0.1, 0.15) is 61.0 Å². The molecule has 2 unspecified atom stereocenters. The third-order valence-electron chi connectivity index (χ3n) is 5.19. The van der Waals surface area contributed by atoms with Crippen LogP contribution < -0.4 is 10.6 Å². The Morgan fingerprint density at radius 2 is 1.77 bits per heavy atom. The Labute approximate surface area is 155 Å². The minimum Gasteiger partial charge on any atom is -0.348 e. The summed E-state index contributed by atoms with van der Waals surface area (Å²) in [6, 6.07) is 12.9. The van der Waals surface area contributed by atoms with Gasteiger partial charge in [0.15, 0.2) is 0 Å². The molecule has 2 N–H and O–H groups in total. The van der Waals surface area contributed by atoms with E-state index in [1.54, 1.807) is 18.2 Å². The van der Waals surface area contributed by atoms with Crippen molar-refractivity contribution in [3.63, 3.8) is 0 Å². The van der Waals surface area contributed by atoms with Crippen LogP contribution in [0.5, 0.6) is 0 Å². The zero-order valence-corrected chi connectivity index (χ0v) is 15.5. The fraction of sp³-hybridized carbons (Fsp3) is 0.409. The molecule has 26 heavy (non-hydrogen) atoms. The molecular weight excluding hydrogens is 327 g/mol. The van der Waals surface area contributed by atoms with Gasteiger partial charge in [0.1, 0.15) is 5.82 Å². The lowest BCUT2D eigenvalue weighted by Gasteiger charge is -2.21. The third kappa shape index (κ3) is 4.50. The summed E-state index contributed by atoms with van der Waals surface area (Å²) < 4.78 is 13.8. The molecule has 0 heterocycles. The number of hydrogen-bond acceptors (Lipinski definition) is 2. The van der Waals surface area contributed by atoms with Gasteiger partial charge in [-0.15, -0.1) is 0 Å². The van der Waals surface area contributed by atoms with E-state index in [1.807, 2.05) is 13.8 Å². The number of aryl methyl sites for hydroxylation is 2. The van der Waals surface area contributed by atoms with Crippen molar-refractivity contribution in [2.75, 3.05) is 6.54 Å². The van der Waals surface area contributed by atoms with Gasteiger partial charge in [-0.3, -0.25) is 4.79 Å². The summed E-state index contributed by atoms with van der Waals surface area (Å²) in [5.41, 5.74) is 4.57. The van der Waals surface area contributed by atoms with E-state index in [0.29, 0.717) is 5.56 Å². The van der Waals surface area contributed by atoms with Crippen LogP contribution in [-0.4, -0.2) is 12.5 Å². The van der Waals surface area contributed by atoms with E-state index in [9.17, 15) is 9.18 Å². The maximum atomic E-state index is 13.8. The number of nitrogens with one attached hydrogen (secondary N) is 2. The Hall–Kier alpha value is -2.20. The molecule has 4 heteroatoms. The number of amides is 1. The average Bonchev–Trinajstić information content (AvgIpc) is 2.66. The quantitative estimate of drug-likeness (QED) is 0.815. The first-order chi connectivity index (χ1) is 12.5.